The van der Waals surface area contributed by atoms with Crippen molar-refractivity contribution in [3.05, 3.63) is 0 Å². The van der Waals surface area contributed by atoms with Crippen molar-refractivity contribution in [2.75, 3.05) is 5.33 Å². The summed E-state index contributed by atoms with van der Waals surface area (Å²) < 4.78 is 0. The summed E-state index contributed by atoms with van der Waals surface area (Å²) in [6.45, 7) is 0. The Morgan fingerprint density at radius 3 is 3.00 bits per heavy atom. The van der Waals surface area contributed by atoms with Gasteiger partial charge in [0.1, 0.15) is 0 Å². The molecular weight excluding hydrogens is 182 g/mol. The molecule has 0 saturated carbocycles. The van der Waals surface area contributed by atoms with Crippen molar-refractivity contribution in [2.45, 2.75) is 25.3 Å². The van der Waals surface area contributed by atoms with Gasteiger partial charge < -0.3 is 5.32 Å². The minimum atomic E-state index is 0.209. The van der Waals surface area contributed by atoms with Gasteiger partial charge in [-0.1, -0.05) is 15.9 Å². The van der Waals surface area contributed by atoms with E-state index in [0.29, 0.717) is 6.04 Å². The second kappa shape index (κ2) is 3.20. The fraction of sp³-hybridized carbons (Fsp3) is 0.833. The van der Waals surface area contributed by atoms with E-state index in [1.807, 2.05) is 0 Å². The third-order valence-corrected chi connectivity index (χ3v) is 2.00. The normalized spacial score (nSPS) is 26.3. The highest BCUT2D eigenvalue weighted by molar-refractivity contribution is 9.09. The van der Waals surface area contributed by atoms with E-state index in [4.69, 9.17) is 0 Å². The third-order valence-electron chi connectivity index (χ3n) is 1.54. The van der Waals surface area contributed by atoms with Crippen molar-refractivity contribution >= 4 is 21.8 Å². The Morgan fingerprint density at radius 1 is 1.78 bits per heavy atom. The fourth-order valence-corrected chi connectivity index (χ4v) is 1.58. The van der Waals surface area contributed by atoms with Gasteiger partial charge in [0.15, 0.2) is 0 Å². The van der Waals surface area contributed by atoms with Crippen LogP contribution in [0.4, 0.5) is 0 Å². The van der Waals surface area contributed by atoms with Gasteiger partial charge >= 0.3 is 0 Å². The molecule has 0 aromatic carbocycles. The quantitative estimate of drug-likeness (QED) is 0.651. The molecule has 1 saturated heterocycles. The maximum Gasteiger partial charge on any atom is 0.220 e. The first-order valence-corrected chi connectivity index (χ1v) is 4.30. The van der Waals surface area contributed by atoms with Crippen LogP contribution >= 0.6 is 15.9 Å². The molecule has 0 spiro atoms. The van der Waals surface area contributed by atoms with Crippen LogP contribution < -0.4 is 5.32 Å². The lowest BCUT2D eigenvalue weighted by Crippen LogP contribution is -2.25. The van der Waals surface area contributed by atoms with Crippen molar-refractivity contribution in [1.82, 2.24) is 5.32 Å². The highest BCUT2D eigenvalue weighted by atomic mass is 79.9. The molecule has 52 valence electrons. The minimum absolute atomic E-state index is 0.209. The van der Waals surface area contributed by atoms with Gasteiger partial charge in [-0.15, -0.1) is 0 Å². The lowest BCUT2D eigenvalue weighted by atomic mass is 10.2. The van der Waals surface area contributed by atoms with Crippen molar-refractivity contribution in [1.29, 1.82) is 0 Å². The second-order valence-electron chi connectivity index (χ2n) is 2.28. The lowest BCUT2D eigenvalue weighted by Gasteiger charge is -2.04. The molecule has 0 aliphatic carbocycles. The highest BCUT2D eigenvalue weighted by Crippen LogP contribution is 2.10. The number of hydrogen-bond acceptors (Lipinski definition) is 1. The van der Waals surface area contributed by atoms with E-state index in [1.165, 1.54) is 0 Å². The van der Waals surface area contributed by atoms with E-state index in [1.54, 1.807) is 0 Å². The van der Waals surface area contributed by atoms with E-state index >= 15 is 0 Å². The van der Waals surface area contributed by atoms with Crippen LogP contribution in [0, 0.1) is 0 Å². The van der Waals surface area contributed by atoms with E-state index in [2.05, 4.69) is 21.2 Å². The van der Waals surface area contributed by atoms with Crippen LogP contribution in [0.5, 0.6) is 0 Å². The van der Waals surface area contributed by atoms with Crippen LogP contribution in [0.1, 0.15) is 19.3 Å². The standard InChI is InChI=1S/C6H10BrNO/c7-4-3-5-1-2-6(9)8-5/h5H,1-4H2,(H,8,9)/t5-/m0/s1. The summed E-state index contributed by atoms with van der Waals surface area (Å²) in [6.07, 6.45) is 2.80. The number of rotatable bonds is 2. The molecule has 0 aromatic rings. The van der Waals surface area contributed by atoms with E-state index in [0.717, 1.165) is 24.6 Å². The van der Waals surface area contributed by atoms with Gasteiger partial charge in [0.2, 0.25) is 5.91 Å². The predicted octanol–water partition coefficient (Wildman–Crippen LogP) is 1.05. The molecule has 1 aliphatic rings. The number of alkyl halides is 1. The Kier molecular flexibility index (Phi) is 2.51. The maximum atomic E-state index is 10.6. The molecule has 9 heavy (non-hydrogen) atoms. The molecule has 1 fully saturated rings. The van der Waals surface area contributed by atoms with Crippen LogP contribution in [-0.2, 0) is 4.79 Å². The van der Waals surface area contributed by atoms with Gasteiger partial charge in [0.05, 0.1) is 0 Å². The molecular formula is C6H10BrNO. The Hall–Kier alpha value is -0.0500. The van der Waals surface area contributed by atoms with Gasteiger partial charge in [0, 0.05) is 17.8 Å². The Labute approximate surface area is 63.1 Å². The monoisotopic (exact) mass is 191 g/mol. The molecule has 0 unspecified atom stereocenters. The Balaban J connectivity index is 2.22. The molecule has 0 radical (unpaired) electrons. The molecule has 1 heterocycles. The molecule has 0 aromatic heterocycles. The predicted molar refractivity (Wildman–Crippen MR) is 39.6 cm³/mol. The third kappa shape index (κ3) is 1.97. The summed E-state index contributed by atoms with van der Waals surface area (Å²) in [5.41, 5.74) is 0. The summed E-state index contributed by atoms with van der Waals surface area (Å²) in [5, 5.41) is 3.87. The van der Waals surface area contributed by atoms with Crippen LogP contribution in [0.25, 0.3) is 0 Å². The first-order valence-electron chi connectivity index (χ1n) is 3.18. The topological polar surface area (TPSA) is 29.1 Å². The maximum absolute atomic E-state index is 10.6. The number of amides is 1. The van der Waals surface area contributed by atoms with Gasteiger partial charge in [0.25, 0.3) is 0 Å². The smallest absolute Gasteiger partial charge is 0.220 e. The van der Waals surface area contributed by atoms with E-state index < -0.39 is 0 Å². The SMILES string of the molecule is O=C1CC[C@@H](CCBr)N1. The molecule has 3 heteroatoms. The van der Waals surface area contributed by atoms with Gasteiger partial charge in [-0.25, -0.2) is 0 Å². The number of halogens is 1. The average molecular weight is 192 g/mol. The molecule has 1 aliphatic heterocycles. The zero-order chi connectivity index (χ0) is 6.69. The molecule has 1 rings (SSSR count). The fourth-order valence-electron chi connectivity index (χ4n) is 1.03. The summed E-state index contributed by atoms with van der Waals surface area (Å²) in [5.74, 6) is 0.209. The molecule has 1 N–H and O–H groups in total. The van der Waals surface area contributed by atoms with Gasteiger partial charge in [-0.2, -0.15) is 0 Å². The molecule has 2 nitrogen and oxygen atoms in total. The summed E-state index contributed by atoms with van der Waals surface area (Å²) in [7, 11) is 0. The second-order valence-corrected chi connectivity index (χ2v) is 3.07. The average Bonchev–Trinajstić information content (AvgIpc) is 2.17. The summed E-state index contributed by atoms with van der Waals surface area (Å²) in [6, 6.07) is 0.442. The van der Waals surface area contributed by atoms with Crippen molar-refractivity contribution in [3.63, 3.8) is 0 Å². The first kappa shape index (κ1) is 7.06. The Bertz CT molecular complexity index is 116. The summed E-state index contributed by atoms with van der Waals surface area (Å²) >= 11 is 3.33. The highest BCUT2D eigenvalue weighted by Gasteiger charge is 2.18. The number of carbonyl (C=O) groups excluding carboxylic acids is 1. The van der Waals surface area contributed by atoms with Crippen LogP contribution in [0.2, 0.25) is 0 Å². The van der Waals surface area contributed by atoms with Gasteiger partial charge in [-0.3, -0.25) is 4.79 Å². The Morgan fingerprint density at radius 2 is 2.56 bits per heavy atom. The lowest BCUT2D eigenvalue weighted by molar-refractivity contribution is -0.119. The van der Waals surface area contributed by atoms with E-state index in [9.17, 15) is 4.79 Å². The van der Waals surface area contributed by atoms with Crippen molar-refractivity contribution in [2.24, 2.45) is 0 Å². The van der Waals surface area contributed by atoms with Crippen molar-refractivity contribution < 1.29 is 4.79 Å². The number of carbonyl (C=O) groups is 1. The molecule has 1 amide bonds. The zero-order valence-corrected chi connectivity index (χ0v) is 6.78. The minimum Gasteiger partial charge on any atom is -0.353 e. The molecule has 0 bridgehead atoms. The number of nitrogens with one attached hydrogen (secondary N) is 1. The van der Waals surface area contributed by atoms with Crippen molar-refractivity contribution in [3.8, 4) is 0 Å². The number of hydrogen-bond donors (Lipinski definition) is 1. The summed E-state index contributed by atoms with van der Waals surface area (Å²) in [4.78, 5) is 10.6. The van der Waals surface area contributed by atoms with E-state index in [-0.39, 0.29) is 5.91 Å². The van der Waals surface area contributed by atoms with Crippen LogP contribution in [-0.4, -0.2) is 17.3 Å². The van der Waals surface area contributed by atoms with Crippen LogP contribution in [0.3, 0.4) is 0 Å². The first-order chi connectivity index (χ1) is 4.33. The largest absolute Gasteiger partial charge is 0.353 e. The van der Waals surface area contributed by atoms with Crippen LogP contribution in [0.15, 0.2) is 0 Å². The molecule has 1 atom stereocenters. The van der Waals surface area contributed by atoms with Gasteiger partial charge in [-0.05, 0) is 12.8 Å². The zero-order valence-electron chi connectivity index (χ0n) is 5.19.